The molecular weight excluding hydrogens is 184 g/mol. The summed E-state index contributed by atoms with van der Waals surface area (Å²) < 4.78 is 0. The van der Waals surface area contributed by atoms with Crippen molar-refractivity contribution in [2.75, 3.05) is 0 Å². The van der Waals surface area contributed by atoms with Crippen molar-refractivity contribution < 1.29 is 19.8 Å². The van der Waals surface area contributed by atoms with E-state index in [0.29, 0.717) is 6.42 Å². The Bertz CT molecular complexity index is 294. The average molecular weight is 198 g/mol. The SMILES string of the molecule is CC1CC=CC(C)(C(=O)O)C1C(=O)O. The first-order chi connectivity index (χ1) is 6.39. The molecule has 3 atom stereocenters. The van der Waals surface area contributed by atoms with Crippen molar-refractivity contribution in [3.05, 3.63) is 12.2 Å². The molecule has 0 aromatic rings. The molecule has 4 heteroatoms. The third-order valence-corrected chi connectivity index (χ3v) is 2.91. The third-order valence-electron chi connectivity index (χ3n) is 2.91. The molecule has 0 aromatic heterocycles. The number of rotatable bonds is 2. The molecule has 0 aliphatic heterocycles. The maximum Gasteiger partial charge on any atom is 0.314 e. The molecule has 0 spiro atoms. The zero-order valence-corrected chi connectivity index (χ0v) is 8.23. The Morgan fingerprint density at radius 3 is 2.36 bits per heavy atom. The summed E-state index contributed by atoms with van der Waals surface area (Å²) in [6.45, 7) is 3.23. The Morgan fingerprint density at radius 1 is 1.43 bits per heavy atom. The average Bonchev–Trinajstić information content (AvgIpc) is 2.02. The summed E-state index contributed by atoms with van der Waals surface area (Å²) in [7, 11) is 0. The predicted octanol–water partition coefficient (Wildman–Crippen LogP) is 1.37. The minimum absolute atomic E-state index is 0.140. The van der Waals surface area contributed by atoms with E-state index in [9.17, 15) is 9.59 Å². The van der Waals surface area contributed by atoms with E-state index in [1.54, 1.807) is 13.0 Å². The monoisotopic (exact) mass is 198 g/mol. The number of aliphatic carboxylic acids is 2. The second-order valence-corrected chi connectivity index (χ2v) is 4.02. The van der Waals surface area contributed by atoms with E-state index in [1.165, 1.54) is 13.0 Å². The summed E-state index contributed by atoms with van der Waals surface area (Å²) in [5, 5.41) is 18.0. The van der Waals surface area contributed by atoms with Crippen molar-refractivity contribution in [1.82, 2.24) is 0 Å². The first kappa shape index (κ1) is 10.8. The molecule has 2 N–H and O–H groups in total. The first-order valence-corrected chi connectivity index (χ1v) is 4.53. The fraction of sp³-hybridized carbons (Fsp3) is 0.600. The Morgan fingerprint density at radius 2 is 2.00 bits per heavy atom. The van der Waals surface area contributed by atoms with Crippen LogP contribution in [0.15, 0.2) is 12.2 Å². The normalized spacial score (nSPS) is 36.7. The van der Waals surface area contributed by atoms with E-state index in [4.69, 9.17) is 10.2 Å². The second-order valence-electron chi connectivity index (χ2n) is 4.02. The van der Waals surface area contributed by atoms with Gasteiger partial charge in [0.05, 0.1) is 11.3 Å². The fourth-order valence-electron chi connectivity index (χ4n) is 2.06. The van der Waals surface area contributed by atoms with Crippen LogP contribution in [0, 0.1) is 17.3 Å². The van der Waals surface area contributed by atoms with Crippen molar-refractivity contribution in [3.8, 4) is 0 Å². The topological polar surface area (TPSA) is 74.6 Å². The van der Waals surface area contributed by atoms with E-state index in [1.807, 2.05) is 0 Å². The lowest BCUT2D eigenvalue weighted by Crippen LogP contribution is -2.44. The second kappa shape index (κ2) is 3.44. The van der Waals surface area contributed by atoms with Crippen LogP contribution in [0.1, 0.15) is 20.3 Å². The van der Waals surface area contributed by atoms with Gasteiger partial charge in [0.15, 0.2) is 0 Å². The molecule has 1 rings (SSSR count). The Balaban J connectivity index is 3.13. The summed E-state index contributed by atoms with van der Waals surface area (Å²) in [4.78, 5) is 22.0. The molecule has 3 unspecified atom stereocenters. The highest BCUT2D eigenvalue weighted by atomic mass is 16.4. The van der Waals surface area contributed by atoms with Gasteiger partial charge in [0.2, 0.25) is 0 Å². The fourth-order valence-corrected chi connectivity index (χ4v) is 2.06. The number of carboxylic acids is 2. The molecule has 0 saturated heterocycles. The summed E-state index contributed by atoms with van der Waals surface area (Å²) in [6, 6.07) is 0. The highest BCUT2D eigenvalue weighted by Crippen LogP contribution is 2.40. The maximum absolute atomic E-state index is 11.0. The molecule has 78 valence electrons. The van der Waals surface area contributed by atoms with E-state index < -0.39 is 23.3 Å². The lowest BCUT2D eigenvalue weighted by atomic mass is 9.67. The molecule has 14 heavy (non-hydrogen) atoms. The Labute approximate surface area is 82.2 Å². The summed E-state index contributed by atoms with van der Waals surface area (Å²) >= 11 is 0. The van der Waals surface area contributed by atoms with Crippen molar-refractivity contribution in [1.29, 1.82) is 0 Å². The number of hydrogen-bond acceptors (Lipinski definition) is 2. The van der Waals surface area contributed by atoms with Gasteiger partial charge in [-0.05, 0) is 19.3 Å². The standard InChI is InChI=1S/C10H14O4/c1-6-4-3-5-10(2,9(13)14)7(6)8(11)12/h3,5-7H,4H2,1-2H3,(H,11,12)(H,13,14). The van der Waals surface area contributed by atoms with Crippen LogP contribution in [0.25, 0.3) is 0 Å². The molecule has 0 amide bonds. The van der Waals surface area contributed by atoms with Gasteiger partial charge >= 0.3 is 11.9 Å². The smallest absolute Gasteiger partial charge is 0.314 e. The zero-order chi connectivity index (χ0) is 10.9. The van der Waals surface area contributed by atoms with Crippen LogP contribution in [-0.2, 0) is 9.59 Å². The van der Waals surface area contributed by atoms with Crippen LogP contribution in [0.5, 0.6) is 0 Å². The molecule has 1 aliphatic carbocycles. The van der Waals surface area contributed by atoms with Gasteiger partial charge in [-0.2, -0.15) is 0 Å². The van der Waals surface area contributed by atoms with Crippen molar-refractivity contribution in [2.45, 2.75) is 20.3 Å². The van der Waals surface area contributed by atoms with Gasteiger partial charge in [0.1, 0.15) is 0 Å². The summed E-state index contributed by atoms with van der Waals surface area (Å²) in [6.07, 6.45) is 3.87. The van der Waals surface area contributed by atoms with Crippen molar-refractivity contribution in [2.24, 2.45) is 17.3 Å². The van der Waals surface area contributed by atoms with Crippen LogP contribution in [-0.4, -0.2) is 22.2 Å². The van der Waals surface area contributed by atoms with Gasteiger partial charge in [-0.1, -0.05) is 19.1 Å². The van der Waals surface area contributed by atoms with E-state index in [0.717, 1.165) is 0 Å². The van der Waals surface area contributed by atoms with Gasteiger partial charge in [-0.3, -0.25) is 9.59 Å². The van der Waals surface area contributed by atoms with Gasteiger partial charge < -0.3 is 10.2 Å². The van der Waals surface area contributed by atoms with E-state index in [2.05, 4.69) is 0 Å². The lowest BCUT2D eigenvalue weighted by molar-refractivity contribution is -0.161. The van der Waals surface area contributed by atoms with Crippen LogP contribution >= 0.6 is 0 Å². The van der Waals surface area contributed by atoms with Crippen LogP contribution < -0.4 is 0 Å². The number of carbonyl (C=O) groups is 2. The van der Waals surface area contributed by atoms with Crippen LogP contribution in [0.4, 0.5) is 0 Å². The minimum Gasteiger partial charge on any atom is -0.481 e. The molecule has 0 bridgehead atoms. The number of carboxylic acid groups (broad SMARTS) is 2. The summed E-state index contributed by atoms with van der Waals surface area (Å²) in [5.41, 5.74) is -1.27. The van der Waals surface area contributed by atoms with Gasteiger partial charge in [-0.15, -0.1) is 0 Å². The van der Waals surface area contributed by atoms with Gasteiger partial charge in [0, 0.05) is 0 Å². The number of hydrogen-bond donors (Lipinski definition) is 2. The lowest BCUT2D eigenvalue weighted by Gasteiger charge is -2.35. The minimum atomic E-state index is -1.27. The Kier molecular flexibility index (Phi) is 2.64. The largest absolute Gasteiger partial charge is 0.481 e. The maximum atomic E-state index is 11.0. The molecule has 0 radical (unpaired) electrons. The highest BCUT2D eigenvalue weighted by molar-refractivity contribution is 5.85. The molecule has 0 fully saturated rings. The highest BCUT2D eigenvalue weighted by Gasteiger charge is 2.47. The quantitative estimate of drug-likeness (QED) is 0.657. The predicted molar refractivity (Wildman–Crippen MR) is 49.8 cm³/mol. The van der Waals surface area contributed by atoms with E-state index in [-0.39, 0.29) is 5.92 Å². The molecule has 1 aliphatic rings. The Hall–Kier alpha value is -1.32. The number of allylic oxidation sites excluding steroid dienone is 1. The van der Waals surface area contributed by atoms with Crippen LogP contribution in [0.3, 0.4) is 0 Å². The van der Waals surface area contributed by atoms with Gasteiger partial charge in [-0.25, -0.2) is 0 Å². The first-order valence-electron chi connectivity index (χ1n) is 4.53. The molecular formula is C10H14O4. The zero-order valence-electron chi connectivity index (χ0n) is 8.23. The summed E-state index contributed by atoms with van der Waals surface area (Å²) in [5.74, 6) is -3.09. The molecule has 0 heterocycles. The van der Waals surface area contributed by atoms with Crippen molar-refractivity contribution >= 4 is 11.9 Å². The molecule has 4 nitrogen and oxygen atoms in total. The van der Waals surface area contributed by atoms with E-state index >= 15 is 0 Å². The molecule has 0 saturated carbocycles. The molecule has 0 aromatic carbocycles. The van der Waals surface area contributed by atoms with Gasteiger partial charge in [0.25, 0.3) is 0 Å². The van der Waals surface area contributed by atoms with Crippen molar-refractivity contribution in [3.63, 3.8) is 0 Å². The third kappa shape index (κ3) is 1.52. The van der Waals surface area contributed by atoms with Crippen LogP contribution in [0.2, 0.25) is 0 Å².